The molecular formula is C14H19ClN2O2. The molecular weight excluding hydrogens is 264 g/mol. The number of benzene rings is 1. The lowest BCUT2D eigenvalue weighted by Gasteiger charge is -2.17. The molecule has 0 saturated carbocycles. The Balaban J connectivity index is 2.09. The largest absolute Gasteiger partial charge is 0.463 e. The van der Waals surface area contributed by atoms with E-state index in [2.05, 4.69) is 9.89 Å². The van der Waals surface area contributed by atoms with Crippen LogP contribution in [-0.4, -0.2) is 44.3 Å². The fourth-order valence-electron chi connectivity index (χ4n) is 2.01. The molecule has 1 aliphatic heterocycles. The summed E-state index contributed by atoms with van der Waals surface area (Å²) >= 11 is 6.18. The van der Waals surface area contributed by atoms with E-state index >= 15 is 0 Å². The Bertz CT molecular complexity index is 451. The van der Waals surface area contributed by atoms with Crippen molar-refractivity contribution >= 4 is 17.6 Å². The zero-order valence-corrected chi connectivity index (χ0v) is 12.1. The first-order chi connectivity index (χ1) is 9.22. The second kappa shape index (κ2) is 6.78. The number of amidine groups is 1. The third kappa shape index (κ3) is 3.61. The van der Waals surface area contributed by atoms with Crippen LogP contribution in [0.25, 0.3) is 0 Å². The summed E-state index contributed by atoms with van der Waals surface area (Å²) in [6.07, 6.45) is 0. The summed E-state index contributed by atoms with van der Waals surface area (Å²) in [5, 5.41) is 0.737. The molecule has 0 N–H and O–H groups in total. The standard InChI is InChI=1S/C14H19ClN2O2/c1-11(12-5-3-4-6-13(12)15)16-14-17(7-9-18-2)8-10-19-14/h3-6,11H,7-10H2,1-2H3. The molecule has 1 fully saturated rings. The van der Waals surface area contributed by atoms with Crippen molar-refractivity contribution in [3.63, 3.8) is 0 Å². The molecule has 1 heterocycles. The molecule has 1 aromatic rings. The van der Waals surface area contributed by atoms with E-state index < -0.39 is 0 Å². The summed E-state index contributed by atoms with van der Waals surface area (Å²) in [5.74, 6) is 0. The van der Waals surface area contributed by atoms with Gasteiger partial charge in [-0.3, -0.25) is 0 Å². The Morgan fingerprint density at radius 2 is 2.26 bits per heavy atom. The van der Waals surface area contributed by atoms with Crippen LogP contribution < -0.4 is 0 Å². The number of aliphatic imine (C=N–C) groups is 1. The van der Waals surface area contributed by atoms with Gasteiger partial charge in [-0.05, 0) is 18.6 Å². The van der Waals surface area contributed by atoms with Crippen molar-refractivity contribution in [1.82, 2.24) is 4.90 Å². The van der Waals surface area contributed by atoms with E-state index in [0.29, 0.717) is 19.2 Å². The molecule has 0 amide bonds. The molecule has 2 rings (SSSR count). The lowest BCUT2D eigenvalue weighted by molar-refractivity contribution is 0.179. The van der Waals surface area contributed by atoms with Gasteiger partial charge in [0.1, 0.15) is 6.61 Å². The van der Waals surface area contributed by atoms with Crippen molar-refractivity contribution in [3.8, 4) is 0 Å². The molecule has 1 unspecified atom stereocenters. The quantitative estimate of drug-likeness (QED) is 0.833. The van der Waals surface area contributed by atoms with E-state index in [0.717, 1.165) is 23.7 Å². The minimum absolute atomic E-state index is 0.0214. The van der Waals surface area contributed by atoms with Gasteiger partial charge in [0, 0.05) is 18.7 Å². The second-order valence-electron chi connectivity index (χ2n) is 4.44. The molecule has 0 bridgehead atoms. The van der Waals surface area contributed by atoms with Crippen molar-refractivity contribution in [2.45, 2.75) is 13.0 Å². The average Bonchev–Trinajstić information content (AvgIpc) is 2.84. The molecule has 104 valence electrons. The molecule has 0 aromatic heterocycles. The molecule has 19 heavy (non-hydrogen) atoms. The normalized spacial score (nSPS) is 18.7. The van der Waals surface area contributed by atoms with Crippen molar-refractivity contribution in [1.29, 1.82) is 0 Å². The lowest BCUT2D eigenvalue weighted by Crippen LogP contribution is -2.29. The summed E-state index contributed by atoms with van der Waals surface area (Å²) in [6.45, 7) is 5.02. The zero-order chi connectivity index (χ0) is 13.7. The topological polar surface area (TPSA) is 34.1 Å². The number of ether oxygens (including phenoxy) is 2. The smallest absolute Gasteiger partial charge is 0.288 e. The van der Waals surface area contributed by atoms with Crippen LogP contribution in [0, 0.1) is 0 Å². The third-order valence-electron chi connectivity index (χ3n) is 3.09. The molecule has 4 nitrogen and oxygen atoms in total. The van der Waals surface area contributed by atoms with Crippen LogP contribution in [0.1, 0.15) is 18.5 Å². The first kappa shape index (κ1) is 14.2. The number of hydrogen-bond donors (Lipinski definition) is 0. The van der Waals surface area contributed by atoms with Crippen LogP contribution in [0.5, 0.6) is 0 Å². The van der Waals surface area contributed by atoms with E-state index in [1.54, 1.807) is 7.11 Å². The van der Waals surface area contributed by atoms with E-state index in [-0.39, 0.29) is 6.04 Å². The van der Waals surface area contributed by atoms with Gasteiger partial charge in [-0.1, -0.05) is 29.8 Å². The maximum absolute atomic E-state index is 6.18. The van der Waals surface area contributed by atoms with Crippen LogP contribution in [0.2, 0.25) is 5.02 Å². The van der Waals surface area contributed by atoms with Crippen LogP contribution in [-0.2, 0) is 9.47 Å². The SMILES string of the molecule is COCCN1CCOC1=NC(C)c1ccccc1Cl. The summed E-state index contributed by atoms with van der Waals surface area (Å²) in [7, 11) is 1.69. The minimum Gasteiger partial charge on any atom is -0.463 e. The summed E-state index contributed by atoms with van der Waals surface area (Å²) in [6, 6.07) is 8.42. The Morgan fingerprint density at radius 3 is 3.00 bits per heavy atom. The van der Waals surface area contributed by atoms with Gasteiger partial charge >= 0.3 is 0 Å². The number of methoxy groups -OCH3 is 1. The molecule has 1 aromatic carbocycles. The summed E-state index contributed by atoms with van der Waals surface area (Å²) in [4.78, 5) is 6.72. The molecule has 1 saturated heterocycles. The predicted octanol–water partition coefficient (Wildman–Crippen LogP) is 2.74. The maximum atomic E-state index is 6.18. The van der Waals surface area contributed by atoms with Crippen LogP contribution in [0.15, 0.2) is 29.3 Å². The van der Waals surface area contributed by atoms with Gasteiger partial charge in [0.2, 0.25) is 0 Å². The molecule has 1 atom stereocenters. The fraction of sp³-hybridized carbons (Fsp3) is 0.500. The predicted molar refractivity (Wildman–Crippen MR) is 76.7 cm³/mol. The van der Waals surface area contributed by atoms with Gasteiger partial charge in [-0.25, -0.2) is 4.99 Å². The van der Waals surface area contributed by atoms with E-state index in [1.165, 1.54) is 0 Å². The highest BCUT2D eigenvalue weighted by molar-refractivity contribution is 6.31. The number of halogens is 1. The van der Waals surface area contributed by atoms with Gasteiger partial charge in [-0.15, -0.1) is 0 Å². The van der Waals surface area contributed by atoms with Gasteiger partial charge in [0.15, 0.2) is 0 Å². The Hall–Kier alpha value is -1.26. The van der Waals surface area contributed by atoms with Crippen molar-refractivity contribution in [3.05, 3.63) is 34.9 Å². The number of rotatable bonds is 5. The molecule has 1 aliphatic rings. The Labute approximate surface area is 119 Å². The molecule has 0 aliphatic carbocycles. The zero-order valence-electron chi connectivity index (χ0n) is 11.3. The van der Waals surface area contributed by atoms with Crippen LogP contribution in [0.4, 0.5) is 0 Å². The van der Waals surface area contributed by atoms with Crippen molar-refractivity contribution in [2.75, 3.05) is 33.4 Å². The highest BCUT2D eigenvalue weighted by Gasteiger charge is 2.21. The minimum atomic E-state index is -0.0214. The van der Waals surface area contributed by atoms with Gasteiger partial charge in [0.05, 0.1) is 19.2 Å². The number of nitrogens with zero attached hydrogens (tertiary/aromatic N) is 2. The summed E-state index contributed by atoms with van der Waals surface area (Å²) < 4.78 is 10.7. The van der Waals surface area contributed by atoms with Gasteiger partial charge in [-0.2, -0.15) is 0 Å². The van der Waals surface area contributed by atoms with E-state index in [4.69, 9.17) is 21.1 Å². The van der Waals surface area contributed by atoms with Crippen molar-refractivity contribution in [2.24, 2.45) is 4.99 Å². The van der Waals surface area contributed by atoms with E-state index in [9.17, 15) is 0 Å². The monoisotopic (exact) mass is 282 g/mol. The lowest BCUT2D eigenvalue weighted by atomic mass is 10.1. The van der Waals surface area contributed by atoms with Crippen molar-refractivity contribution < 1.29 is 9.47 Å². The van der Waals surface area contributed by atoms with Crippen LogP contribution >= 0.6 is 11.6 Å². The second-order valence-corrected chi connectivity index (χ2v) is 4.84. The molecule has 5 heteroatoms. The Morgan fingerprint density at radius 1 is 1.47 bits per heavy atom. The fourth-order valence-corrected chi connectivity index (χ4v) is 2.30. The van der Waals surface area contributed by atoms with Gasteiger partial charge < -0.3 is 14.4 Å². The van der Waals surface area contributed by atoms with Crippen LogP contribution in [0.3, 0.4) is 0 Å². The number of hydrogen-bond acceptors (Lipinski definition) is 3. The Kier molecular flexibility index (Phi) is 5.05. The first-order valence-corrected chi connectivity index (χ1v) is 6.79. The highest BCUT2D eigenvalue weighted by Crippen LogP contribution is 2.25. The first-order valence-electron chi connectivity index (χ1n) is 6.41. The molecule has 0 radical (unpaired) electrons. The molecule has 0 spiro atoms. The highest BCUT2D eigenvalue weighted by atomic mass is 35.5. The maximum Gasteiger partial charge on any atom is 0.288 e. The van der Waals surface area contributed by atoms with Gasteiger partial charge in [0.25, 0.3) is 6.02 Å². The summed E-state index contributed by atoms with van der Waals surface area (Å²) in [5.41, 5.74) is 1.01. The van der Waals surface area contributed by atoms with E-state index in [1.807, 2.05) is 31.2 Å². The third-order valence-corrected chi connectivity index (χ3v) is 3.43. The average molecular weight is 283 g/mol.